The van der Waals surface area contributed by atoms with Crippen LogP contribution in [0.4, 0.5) is 0 Å². The number of rotatable bonds is 5. The third-order valence-corrected chi connectivity index (χ3v) is 7.69. The minimum absolute atomic E-state index is 0.00907. The van der Waals surface area contributed by atoms with Gasteiger partial charge in [-0.25, -0.2) is 0 Å². The maximum Gasteiger partial charge on any atom is 0.309 e. The molecule has 1 rings (SSSR count). The Bertz CT molecular complexity index is 711. The van der Waals surface area contributed by atoms with Crippen LogP contribution in [-0.2, 0) is 23.9 Å². The van der Waals surface area contributed by atoms with E-state index in [4.69, 9.17) is 4.74 Å². The SMILES string of the molecule is COC(=O)[C@@H]1CSCC=CCSC[C@H](C)C(=O)N[C@@H](CC(C)C)C(=O)N[C@@H](CC(C)C)C(=O)C1. The Morgan fingerprint density at radius 2 is 1.47 bits per heavy atom. The molecule has 0 aromatic rings. The Balaban J connectivity index is 3.18. The molecule has 0 unspecified atom stereocenters. The van der Waals surface area contributed by atoms with E-state index < -0.39 is 24.0 Å². The second kappa shape index (κ2) is 16.2. The summed E-state index contributed by atoms with van der Waals surface area (Å²) in [7, 11) is 1.33. The molecule has 7 nitrogen and oxygen atoms in total. The van der Waals surface area contributed by atoms with Crippen molar-refractivity contribution in [2.45, 2.75) is 66.0 Å². The first-order valence-corrected chi connectivity index (χ1v) is 14.4. The third kappa shape index (κ3) is 11.8. The zero-order chi connectivity index (χ0) is 25.7. The predicted octanol–water partition coefficient (Wildman–Crippen LogP) is 3.47. The van der Waals surface area contributed by atoms with Crippen LogP contribution in [0.1, 0.15) is 53.9 Å². The van der Waals surface area contributed by atoms with E-state index in [1.54, 1.807) is 23.5 Å². The molecule has 2 N–H and O–H groups in total. The molecule has 0 saturated heterocycles. The van der Waals surface area contributed by atoms with Gasteiger partial charge in [0.25, 0.3) is 0 Å². The topological polar surface area (TPSA) is 102 Å². The number of methoxy groups -OCH3 is 1. The first kappa shape index (κ1) is 30.6. The van der Waals surface area contributed by atoms with Crippen LogP contribution in [0.3, 0.4) is 0 Å². The number of carbonyl (C=O) groups excluding carboxylic acids is 4. The van der Waals surface area contributed by atoms with Crippen molar-refractivity contribution in [3.63, 3.8) is 0 Å². The molecule has 0 fully saturated rings. The quantitative estimate of drug-likeness (QED) is 0.428. The number of ketones is 1. The standard InChI is InChI=1S/C25H42N2O5S2/c1-16(2)11-20-22(28)13-19(25(31)32-6)15-34-10-8-7-9-33-14-18(5)23(29)27-21(12-17(3)4)24(30)26-20/h7-8,16-21H,9-15H2,1-6H3,(H,26,30)(H,27,29)/t18-,19-,20-,21-/m0/s1. The summed E-state index contributed by atoms with van der Waals surface area (Å²) in [6.07, 6.45) is 5.04. The summed E-state index contributed by atoms with van der Waals surface area (Å²) in [5.41, 5.74) is 0. The Morgan fingerprint density at radius 3 is 2.03 bits per heavy atom. The summed E-state index contributed by atoms with van der Waals surface area (Å²) in [6.45, 7) is 9.82. The van der Waals surface area contributed by atoms with Gasteiger partial charge in [-0.3, -0.25) is 19.2 Å². The minimum atomic E-state index is -0.719. The lowest BCUT2D eigenvalue weighted by atomic mass is 9.93. The minimum Gasteiger partial charge on any atom is -0.469 e. The van der Waals surface area contributed by atoms with E-state index >= 15 is 0 Å². The van der Waals surface area contributed by atoms with Gasteiger partial charge in [0.1, 0.15) is 6.04 Å². The fourth-order valence-corrected chi connectivity index (χ4v) is 5.46. The van der Waals surface area contributed by atoms with Gasteiger partial charge in [0.2, 0.25) is 11.8 Å². The molecule has 0 spiro atoms. The van der Waals surface area contributed by atoms with E-state index in [1.165, 1.54) is 7.11 Å². The van der Waals surface area contributed by atoms with Gasteiger partial charge >= 0.3 is 5.97 Å². The average Bonchev–Trinajstić information content (AvgIpc) is 2.76. The van der Waals surface area contributed by atoms with Crippen LogP contribution in [0.2, 0.25) is 0 Å². The molecule has 194 valence electrons. The number of thioether (sulfide) groups is 2. The highest BCUT2D eigenvalue weighted by molar-refractivity contribution is 7.99. The number of nitrogens with one attached hydrogen (secondary N) is 2. The maximum atomic E-state index is 13.2. The van der Waals surface area contributed by atoms with Crippen molar-refractivity contribution in [3.05, 3.63) is 12.2 Å². The first-order chi connectivity index (χ1) is 16.0. The molecule has 0 aliphatic carbocycles. The third-order valence-electron chi connectivity index (χ3n) is 5.46. The molecule has 9 heteroatoms. The molecular formula is C25H42N2O5S2. The van der Waals surface area contributed by atoms with Crippen molar-refractivity contribution >= 4 is 47.1 Å². The molecule has 34 heavy (non-hydrogen) atoms. The Hall–Kier alpha value is -1.48. The summed E-state index contributed by atoms with van der Waals surface area (Å²) >= 11 is 3.24. The van der Waals surface area contributed by atoms with Gasteiger partial charge < -0.3 is 15.4 Å². The van der Waals surface area contributed by atoms with E-state index in [0.29, 0.717) is 24.3 Å². The second-order valence-electron chi connectivity index (χ2n) is 9.72. The van der Waals surface area contributed by atoms with Crippen LogP contribution in [0.25, 0.3) is 0 Å². The van der Waals surface area contributed by atoms with Crippen LogP contribution in [0.5, 0.6) is 0 Å². The van der Waals surface area contributed by atoms with Crippen molar-refractivity contribution in [2.75, 3.05) is 30.1 Å². The number of Topliss-reactive ketones (excluding diaryl/α,β-unsaturated/α-hetero) is 1. The van der Waals surface area contributed by atoms with Gasteiger partial charge in [0.05, 0.1) is 19.1 Å². The number of ether oxygens (including phenoxy) is 1. The van der Waals surface area contributed by atoms with E-state index in [1.807, 2.05) is 40.7 Å². The van der Waals surface area contributed by atoms with Crippen LogP contribution in [0.15, 0.2) is 12.2 Å². The summed E-state index contributed by atoms with van der Waals surface area (Å²) < 4.78 is 4.93. The van der Waals surface area contributed by atoms with Crippen LogP contribution in [0, 0.1) is 23.7 Å². The van der Waals surface area contributed by atoms with Gasteiger partial charge in [-0.2, -0.15) is 23.5 Å². The monoisotopic (exact) mass is 514 g/mol. The summed E-state index contributed by atoms with van der Waals surface area (Å²) in [5, 5.41) is 5.80. The lowest BCUT2D eigenvalue weighted by Gasteiger charge is -2.26. The lowest BCUT2D eigenvalue weighted by molar-refractivity contribution is -0.146. The van der Waals surface area contributed by atoms with Crippen molar-refractivity contribution in [1.29, 1.82) is 0 Å². The summed E-state index contributed by atoms with van der Waals surface area (Å²) in [5.74, 6) is 1.07. The van der Waals surface area contributed by atoms with Gasteiger partial charge in [0, 0.05) is 35.4 Å². The normalized spacial score (nSPS) is 26.5. The molecule has 0 aromatic heterocycles. The molecule has 1 heterocycles. The van der Waals surface area contributed by atoms with Gasteiger partial charge in [-0.1, -0.05) is 46.8 Å². The molecule has 1 aliphatic rings. The first-order valence-electron chi connectivity index (χ1n) is 12.1. The van der Waals surface area contributed by atoms with Crippen molar-refractivity contribution in [2.24, 2.45) is 23.7 Å². The Labute approximate surface area is 213 Å². The number of carbonyl (C=O) groups is 4. The molecule has 0 saturated carbocycles. The average molecular weight is 515 g/mol. The highest BCUT2D eigenvalue weighted by Gasteiger charge is 2.31. The van der Waals surface area contributed by atoms with E-state index in [0.717, 1.165) is 11.5 Å². The number of hydrogen-bond donors (Lipinski definition) is 2. The van der Waals surface area contributed by atoms with Crippen LogP contribution in [-0.4, -0.2) is 65.8 Å². The predicted molar refractivity (Wildman–Crippen MR) is 141 cm³/mol. The summed E-state index contributed by atoms with van der Waals surface area (Å²) in [6, 6.07) is -1.43. The Kier molecular flexibility index (Phi) is 14.6. The molecule has 0 bridgehead atoms. The molecule has 0 radical (unpaired) electrons. The number of amides is 2. The number of hydrogen-bond acceptors (Lipinski definition) is 7. The number of esters is 1. The maximum absolute atomic E-state index is 13.2. The highest BCUT2D eigenvalue weighted by Crippen LogP contribution is 2.19. The van der Waals surface area contributed by atoms with Gasteiger partial charge in [0.15, 0.2) is 5.78 Å². The Morgan fingerprint density at radius 1 is 0.941 bits per heavy atom. The van der Waals surface area contributed by atoms with E-state index in [-0.39, 0.29) is 41.8 Å². The molecular weight excluding hydrogens is 472 g/mol. The molecule has 2 amide bonds. The highest BCUT2D eigenvalue weighted by atomic mass is 32.2. The van der Waals surface area contributed by atoms with Crippen LogP contribution < -0.4 is 10.6 Å². The molecule has 0 aromatic carbocycles. The second-order valence-corrected chi connectivity index (χ2v) is 11.9. The smallest absolute Gasteiger partial charge is 0.309 e. The van der Waals surface area contributed by atoms with Crippen LogP contribution >= 0.6 is 23.5 Å². The van der Waals surface area contributed by atoms with Gasteiger partial charge in [-0.15, -0.1) is 0 Å². The molecule has 1 aliphatic heterocycles. The van der Waals surface area contributed by atoms with E-state index in [9.17, 15) is 19.2 Å². The van der Waals surface area contributed by atoms with Crippen molar-refractivity contribution < 1.29 is 23.9 Å². The van der Waals surface area contributed by atoms with Crippen molar-refractivity contribution in [1.82, 2.24) is 10.6 Å². The van der Waals surface area contributed by atoms with Gasteiger partial charge in [-0.05, 0) is 24.7 Å². The summed E-state index contributed by atoms with van der Waals surface area (Å²) in [4.78, 5) is 51.5. The zero-order valence-corrected chi connectivity index (χ0v) is 23.1. The fraction of sp³-hybridized carbons (Fsp3) is 0.760. The molecule has 4 atom stereocenters. The fourth-order valence-electron chi connectivity index (χ4n) is 3.60. The van der Waals surface area contributed by atoms with Crippen molar-refractivity contribution in [3.8, 4) is 0 Å². The zero-order valence-electron chi connectivity index (χ0n) is 21.4. The van der Waals surface area contributed by atoms with E-state index in [2.05, 4.69) is 16.7 Å². The largest absolute Gasteiger partial charge is 0.469 e. The lowest BCUT2D eigenvalue weighted by Crippen LogP contribution is -2.53.